The van der Waals surface area contributed by atoms with Crippen LogP contribution in [0.25, 0.3) is 0 Å². The smallest absolute Gasteiger partial charge is 0.449 e. The van der Waals surface area contributed by atoms with Gasteiger partial charge in [-0.1, -0.05) is 13.8 Å². The highest BCUT2D eigenvalue weighted by molar-refractivity contribution is 5.67. The first kappa shape index (κ1) is 41.1. The Bertz CT molecular complexity index is 943. The summed E-state index contributed by atoms with van der Waals surface area (Å²) in [5.74, 6) is -10.9. The first-order valence-electron chi connectivity index (χ1n) is 11.9. The second-order valence-electron chi connectivity index (χ2n) is 10.9. The second-order valence-corrected chi connectivity index (χ2v) is 10.9. The molecule has 3 unspecified atom stereocenters. The molecular formula is C22H29F16NO4. The maximum absolute atomic E-state index is 15.4. The van der Waals surface area contributed by atoms with Crippen LogP contribution in [0.2, 0.25) is 0 Å². The van der Waals surface area contributed by atoms with Crippen LogP contribution in [-0.2, 0) is 14.2 Å². The van der Waals surface area contributed by atoms with E-state index in [1.807, 2.05) is 0 Å². The van der Waals surface area contributed by atoms with Crippen molar-refractivity contribution in [1.29, 1.82) is 0 Å². The van der Waals surface area contributed by atoms with Crippen LogP contribution in [0.3, 0.4) is 0 Å². The SMILES string of the molecule is CC(C)CC(C)NC(=O)OCC(C(F)(F)F)C(C)(C)OC(F)(F)C(F)(C(F)(F)F)C(C)(C)OC(F)(F)C(F)(F)C(F)(F)F. The van der Waals surface area contributed by atoms with E-state index in [-0.39, 0.29) is 26.2 Å². The highest BCUT2D eigenvalue weighted by atomic mass is 19.4. The molecular weight excluding hydrogens is 646 g/mol. The minimum atomic E-state index is -7.37. The van der Waals surface area contributed by atoms with E-state index in [0.717, 1.165) is 0 Å². The number of nitrogens with one attached hydrogen (secondary N) is 1. The number of carbonyl (C=O) groups is 1. The maximum Gasteiger partial charge on any atom is 0.462 e. The van der Waals surface area contributed by atoms with Gasteiger partial charge >= 0.3 is 48.4 Å². The Morgan fingerprint density at radius 1 is 0.674 bits per heavy atom. The van der Waals surface area contributed by atoms with Crippen LogP contribution >= 0.6 is 0 Å². The lowest BCUT2D eigenvalue weighted by Crippen LogP contribution is -2.72. The van der Waals surface area contributed by atoms with Crippen LogP contribution in [0, 0.1) is 11.8 Å². The summed E-state index contributed by atoms with van der Waals surface area (Å²) in [6.45, 7) is 1.38. The summed E-state index contributed by atoms with van der Waals surface area (Å²) in [7, 11) is 0. The van der Waals surface area contributed by atoms with Crippen LogP contribution in [0.5, 0.6) is 0 Å². The van der Waals surface area contributed by atoms with Gasteiger partial charge in [-0.25, -0.2) is 9.18 Å². The molecule has 0 bridgehead atoms. The minimum absolute atomic E-state index is 0.00121. The van der Waals surface area contributed by atoms with Crippen molar-refractivity contribution >= 4 is 6.09 Å². The Kier molecular flexibility index (Phi) is 11.9. The number of ether oxygens (including phenoxy) is 3. The summed E-state index contributed by atoms with van der Waals surface area (Å²) < 4.78 is 229. The zero-order valence-electron chi connectivity index (χ0n) is 23.3. The summed E-state index contributed by atoms with van der Waals surface area (Å²) in [6.07, 6.45) is -35.4. The fourth-order valence-electron chi connectivity index (χ4n) is 3.81. The molecule has 0 aromatic heterocycles. The van der Waals surface area contributed by atoms with Gasteiger partial charge < -0.3 is 19.5 Å². The molecule has 0 aliphatic carbocycles. The van der Waals surface area contributed by atoms with Gasteiger partial charge in [0.05, 0.1) is 5.60 Å². The van der Waals surface area contributed by atoms with E-state index in [9.17, 15) is 70.7 Å². The van der Waals surface area contributed by atoms with Crippen molar-refractivity contribution in [3.8, 4) is 0 Å². The summed E-state index contributed by atoms with van der Waals surface area (Å²) in [6, 6.07) is -0.700. The van der Waals surface area contributed by atoms with E-state index in [4.69, 9.17) is 0 Å². The molecule has 0 aromatic carbocycles. The van der Waals surface area contributed by atoms with Gasteiger partial charge in [0.15, 0.2) is 0 Å². The van der Waals surface area contributed by atoms with Crippen molar-refractivity contribution in [3.05, 3.63) is 0 Å². The fourth-order valence-corrected chi connectivity index (χ4v) is 3.81. The van der Waals surface area contributed by atoms with Crippen molar-refractivity contribution in [1.82, 2.24) is 5.32 Å². The molecule has 0 rings (SSSR count). The predicted molar refractivity (Wildman–Crippen MR) is 114 cm³/mol. The number of hydrogen-bond acceptors (Lipinski definition) is 4. The highest BCUT2D eigenvalue weighted by Crippen LogP contribution is 2.58. The molecule has 258 valence electrons. The molecule has 3 atom stereocenters. The molecule has 1 amide bonds. The van der Waals surface area contributed by atoms with Crippen LogP contribution < -0.4 is 5.32 Å². The Balaban J connectivity index is 6.57. The first-order valence-corrected chi connectivity index (χ1v) is 11.9. The first-order chi connectivity index (χ1) is 18.5. The molecule has 0 saturated heterocycles. The predicted octanol–water partition coefficient (Wildman–Crippen LogP) is 8.57. The number of alkyl carbamates (subject to hydrolysis) is 1. The molecule has 0 fully saturated rings. The van der Waals surface area contributed by atoms with Crippen LogP contribution in [0.15, 0.2) is 0 Å². The van der Waals surface area contributed by atoms with Gasteiger partial charge in [-0.3, -0.25) is 0 Å². The molecule has 0 aromatic rings. The average molecular weight is 675 g/mol. The van der Waals surface area contributed by atoms with Crippen LogP contribution in [-0.4, -0.2) is 72.3 Å². The Morgan fingerprint density at radius 2 is 1.12 bits per heavy atom. The van der Waals surface area contributed by atoms with Crippen molar-refractivity contribution in [2.45, 2.75) is 114 Å². The van der Waals surface area contributed by atoms with Gasteiger partial charge in [-0.15, -0.1) is 0 Å². The number of rotatable bonds is 13. The standard InChI is InChI=1S/C22H29F16NO4/c1-10(2)8-11(3)39-13(40)41-9-12(16(23,24)25)14(4,5)42-21(35,36)17(26,19(29,30)31)15(6,7)43-22(37,38)18(27,28)20(32,33)34/h10-12H,8-9H2,1-7H3,(H,39,40). The minimum Gasteiger partial charge on any atom is -0.449 e. The second kappa shape index (κ2) is 12.5. The maximum atomic E-state index is 15.4. The molecule has 43 heavy (non-hydrogen) atoms. The van der Waals surface area contributed by atoms with Gasteiger partial charge in [-0.2, -0.15) is 65.9 Å². The molecule has 0 aliphatic heterocycles. The third-order valence-corrected chi connectivity index (χ3v) is 5.92. The van der Waals surface area contributed by atoms with E-state index in [2.05, 4.69) is 19.5 Å². The van der Waals surface area contributed by atoms with Gasteiger partial charge in [0.25, 0.3) is 0 Å². The average Bonchev–Trinajstić information content (AvgIpc) is 2.67. The molecule has 0 radical (unpaired) electrons. The quantitative estimate of drug-likeness (QED) is 0.199. The molecule has 5 nitrogen and oxygen atoms in total. The zero-order valence-corrected chi connectivity index (χ0v) is 23.3. The lowest BCUT2D eigenvalue weighted by atomic mass is 9.83. The zero-order chi connectivity index (χ0) is 35.1. The van der Waals surface area contributed by atoms with Crippen molar-refractivity contribution in [2.75, 3.05) is 6.61 Å². The third kappa shape index (κ3) is 9.06. The van der Waals surface area contributed by atoms with Gasteiger partial charge in [-0.05, 0) is 47.0 Å². The van der Waals surface area contributed by atoms with Crippen molar-refractivity contribution in [3.63, 3.8) is 0 Å². The van der Waals surface area contributed by atoms with E-state index in [1.165, 1.54) is 6.92 Å². The molecule has 0 aliphatic rings. The fraction of sp³-hybridized carbons (Fsp3) is 0.955. The van der Waals surface area contributed by atoms with E-state index < -0.39 is 92.0 Å². The third-order valence-electron chi connectivity index (χ3n) is 5.92. The summed E-state index contributed by atoms with van der Waals surface area (Å²) in [5, 5.41) is 2.07. The monoisotopic (exact) mass is 675 g/mol. The highest BCUT2D eigenvalue weighted by Gasteiger charge is 2.84. The Morgan fingerprint density at radius 3 is 1.47 bits per heavy atom. The molecule has 0 spiro atoms. The lowest BCUT2D eigenvalue weighted by Gasteiger charge is -2.48. The molecule has 0 heterocycles. The van der Waals surface area contributed by atoms with E-state index >= 15 is 4.39 Å². The molecule has 21 heteroatoms. The van der Waals surface area contributed by atoms with Gasteiger partial charge in [0.1, 0.15) is 18.1 Å². The molecule has 1 N–H and O–H groups in total. The topological polar surface area (TPSA) is 56.8 Å². The normalized spacial score (nSPS) is 17.9. The summed E-state index contributed by atoms with van der Waals surface area (Å²) in [4.78, 5) is 11.9. The lowest BCUT2D eigenvalue weighted by molar-refractivity contribution is -0.487. The van der Waals surface area contributed by atoms with E-state index in [1.54, 1.807) is 13.8 Å². The van der Waals surface area contributed by atoms with E-state index in [0.29, 0.717) is 0 Å². The van der Waals surface area contributed by atoms with Crippen molar-refractivity contribution < 1.29 is 89.3 Å². The number of halogens is 16. The number of carbonyl (C=O) groups excluding carboxylic acids is 1. The Labute approximate surface area is 234 Å². The van der Waals surface area contributed by atoms with Gasteiger partial charge in [0, 0.05) is 6.04 Å². The Hall–Kier alpha value is -1.93. The number of alkyl halides is 16. The summed E-state index contributed by atoms with van der Waals surface area (Å²) >= 11 is 0. The van der Waals surface area contributed by atoms with Gasteiger partial charge in [0.2, 0.25) is 0 Å². The largest absolute Gasteiger partial charge is 0.462 e. The van der Waals surface area contributed by atoms with Crippen molar-refractivity contribution in [2.24, 2.45) is 11.8 Å². The molecule has 0 saturated carbocycles. The van der Waals surface area contributed by atoms with Crippen LogP contribution in [0.1, 0.15) is 54.9 Å². The number of hydrogen-bond donors (Lipinski definition) is 1. The van der Waals surface area contributed by atoms with Crippen LogP contribution in [0.4, 0.5) is 75.0 Å². The summed E-state index contributed by atoms with van der Waals surface area (Å²) in [5.41, 5.74) is -15.7. The number of amides is 1.